The molecule has 2 nitrogen and oxygen atoms in total. The van der Waals surface area contributed by atoms with Gasteiger partial charge in [-0.2, -0.15) is 0 Å². The van der Waals surface area contributed by atoms with Gasteiger partial charge in [0.25, 0.3) is 0 Å². The van der Waals surface area contributed by atoms with Crippen molar-refractivity contribution in [1.29, 1.82) is 0 Å². The summed E-state index contributed by atoms with van der Waals surface area (Å²) >= 11 is 3.54. The number of nitrogens with two attached hydrogens (primary N) is 1. The molecule has 1 atom stereocenters. The van der Waals surface area contributed by atoms with Crippen molar-refractivity contribution in [2.45, 2.75) is 38.1 Å². The number of hydrogen-bond acceptors (Lipinski definition) is 2. The first-order chi connectivity index (χ1) is 8.19. The summed E-state index contributed by atoms with van der Waals surface area (Å²) in [4.78, 5) is 0. The molecule has 0 heterocycles. The van der Waals surface area contributed by atoms with Crippen LogP contribution in [-0.4, -0.2) is 18.6 Å². The van der Waals surface area contributed by atoms with E-state index in [2.05, 4.69) is 46.4 Å². The van der Waals surface area contributed by atoms with Crippen LogP contribution in [-0.2, 0) is 12.8 Å². The molecule has 0 spiro atoms. The summed E-state index contributed by atoms with van der Waals surface area (Å²) < 4.78 is 1.18. The minimum absolute atomic E-state index is 0.122. The molecule has 0 amide bonds. The molecule has 0 radical (unpaired) electrons. The molecule has 17 heavy (non-hydrogen) atoms. The number of hydrogen-bond donors (Lipinski definition) is 2. The highest BCUT2D eigenvalue weighted by Crippen LogP contribution is 2.30. The Morgan fingerprint density at radius 2 is 2.24 bits per heavy atom. The van der Waals surface area contributed by atoms with Gasteiger partial charge in [-0.25, -0.2) is 0 Å². The zero-order valence-electron chi connectivity index (χ0n) is 10.4. The van der Waals surface area contributed by atoms with E-state index in [0.717, 1.165) is 38.8 Å². The minimum Gasteiger partial charge on any atom is -0.329 e. The van der Waals surface area contributed by atoms with Crippen molar-refractivity contribution >= 4 is 15.9 Å². The predicted molar refractivity (Wildman–Crippen MR) is 76.2 cm³/mol. The Hall–Kier alpha value is -0.380. The maximum Gasteiger partial charge on any atom is 0.0347 e. The Labute approximate surface area is 112 Å². The Kier molecular flexibility index (Phi) is 4.23. The number of fused-ring (bicyclic) bond motifs is 1. The lowest BCUT2D eigenvalue weighted by molar-refractivity contribution is 0.294. The standard InChI is InChI=1S/C14H21BrN2/c1-2-7-17-14(10-16)6-5-11-8-13(15)4-3-12(11)9-14/h3-4,8,17H,2,5-7,9-10,16H2,1H3. The van der Waals surface area contributed by atoms with Crippen molar-refractivity contribution in [3.63, 3.8) is 0 Å². The van der Waals surface area contributed by atoms with Crippen molar-refractivity contribution in [2.24, 2.45) is 5.73 Å². The summed E-state index contributed by atoms with van der Waals surface area (Å²) in [6.45, 7) is 3.98. The fourth-order valence-corrected chi connectivity index (χ4v) is 3.02. The van der Waals surface area contributed by atoms with Crippen LogP contribution >= 0.6 is 15.9 Å². The Bertz CT molecular complexity index is 392. The number of nitrogens with one attached hydrogen (secondary N) is 1. The van der Waals surface area contributed by atoms with E-state index < -0.39 is 0 Å². The van der Waals surface area contributed by atoms with E-state index in [9.17, 15) is 0 Å². The third kappa shape index (κ3) is 2.90. The van der Waals surface area contributed by atoms with Gasteiger partial charge in [-0.15, -0.1) is 0 Å². The largest absolute Gasteiger partial charge is 0.329 e. The fourth-order valence-electron chi connectivity index (χ4n) is 2.61. The molecule has 1 aromatic rings. The highest BCUT2D eigenvalue weighted by molar-refractivity contribution is 9.10. The zero-order valence-corrected chi connectivity index (χ0v) is 12.0. The molecule has 0 aliphatic heterocycles. The first-order valence-electron chi connectivity index (χ1n) is 6.41. The molecule has 0 bridgehead atoms. The summed E-state index contributed by atoms with van der Waals surface area (Å²) in [5.41, 5.74) is 9.04. The summed E-state index contributed by atoms with van der Waals surface area (Å²) in [6, 6.07) is 6.61. The van der Waals surface area contributed by atoms with Gasteiger partial charge in [-0.05, 0) is 55.5 Å². The molecule has 0 saturated heterocycles. The second-order valence-corrected chi connectivity index (χ2v) is 5.92. The van der Waals surface area contributed by atoms with Crippen LogP contribution in [0, 0.1) is 0 Å². The van der Waals surface area contributed by atoms with Crippen molar-refractivity contribution in [3.8, 4) is 0 Å². The molecular weight excluding hydrogens is 276 g/mol. The van der Waals surface area contributed by atoms with Gasteiger partial charge in [0.2, 0.25) is 0 Å². The quantitative estimate of drug-likeness (QED) is 0.896. The van der Waals surface area contributed by atoms with Gasteiger partial charge >= 0.3 is 0 Å². The summed E-state index contributed by atoms with van der Waals surface area (Å²) in [5, 5.41) is 3.65. The smallest absolute Gasteiger partial charge is 0.0347 e. The van der Waals surface area contributed by atoms with Crippen LogP contribution in [0.5, 0.6) is 0 Å². The second kappa shape index (κ2) is 5.51. The van der Waals surface area contributed by atoms with Crippen molar-refractivity contribution in [2.75, 3.05) is 13.1 Å². The lowest BCUT2D eigenvalue weighted by atomic mass is 9.78. The number of halogens is 1. The van der Waals surface area contributed by atoms with Crippen molar-refractivity contribution in [1.82, 2.24) is 5.32 Å². The lowest BCUT2D eigenvalue weighted by Gasteiger charge is -2.38. The van der Waals surface area contributed by atoms with Gasteiger partial charge in [0.1, 0.15) is 0 Å². The maximum atomic E-state index is 5.99. The van der Waals surface area contributed by atoms with Crippen molar-refractivity contribution < 1.29 is 0 Å². The van der Waals surface area contributed by atoms with Gasteiger partial charge in [-0.3, -0.25) is 0 Å². The van der Waals surface area contributed by atoms with E-state index in [1.165, 1.54) is 15.6 Å². The predicted octanol–water partition coefficient (Wildman–Crippen LogP) is 2.63. The fraction of sp³-hybridized carbons (Fsp3) is 0.571. The highest BCUT2D eigenvalue weighted by Gasteiger charge is 2.32. The minimum atomic E-state index is 0.122. The van der Waals surface area contributed by atoms with Gasteiger partial charge < -0.3 is 11.1 Å². The first kappa shape index (κ1) is 13.1. The Morgan fingerprint density at radius 1 is 1.41 bits per heavy atom. The molecule has 0 saturated carbocycles. The monoisotopic (exact) mass is 296 g/mol. The SMILES string of the molecule is CCCNC1(CN)CCc2cc(Br)ccc2C1. The third-order valence-electron chi connectivity index (χ3n) is 3.71. The van der Waals surface area contributed by atoms with Crippen LogP contribution in [0.25, 0.3) is 0 Å². The molecule has 0 fully saturated rings. The second-order valence-electron chi connectivity index (χ2n) is 5.00. The van der Waals surface area contributed by atoms with Crippen LogP contribution < -0.4 is 11.1 Å². The molecule has 2 rings (SSSR count). The number of aryl methyl sites for hydroxylation is 1. The normalized spacial score (nSPS) is 23.5. The van der Waals surface area contributed by atoms with Gasteiger partial charge in [0, 0.05) is 16.6 Å². The van der Waals surface area contributed by atoms with E-state index >= 15 is 0 Å². The lowest BCUT2D eigenvalue weighted by Crippen LogP contribution is -2.55. The zero-order chi connectivity index (χ0) is 12.3. The van der Waals surface area contributed by atoms with Crippen molar-refractivity contribution in [3.05, 3.63) is 33.8 Å². The summed E-state index contributed by atoms with van der Waals surface area (Å²) in [5.74, 6) is 0. The average molecular weight is 297 g/mol. The van der Waals surface area contributed by atoms with Crippen LogP contribution in [0.3, 0.4) is 0 Å². The van der Waals surface area contributed by atoms with E-state index in [0.29, 0.717) is 0 Å². The van der Waals surface area contributed by atoms with Gasteiger partial charge in [0.15, 0.2) is 0 Å². The highest BCUT2D eigenvalue weighted by atomic mass is 79.9. The Balaban J connectivity index is 2.18. The topological polar surface area (TPSA) is 38.0 Å². The van der Waals surface area contributed by atoms with E-state index in [4.69, 9.17) is 5.73 Å². The third-order valence-corrected chi connectivity index (χ3v) is 4.20. The summed E-state index contributed by atoms with van der Waals surface area (Å²) in [6.07, 6.45) is 4.50. The van der Waals surface area contributed by atoms with Gasteiger partial charge in [0.05, 0.1) is 0 Å². The van der Waals surface area contributed by atoms with E-state index in [1.807, 2.05) is 0 Å². The van der Waals surface area contributed by atoms with E-state index in [-0.39, 0.29) is 5.54 Å². The maximum absolute atomic E-state index is 5.99. The molecular formula is C14H21BrN2. The number of benzene rings is 1. The van der Waals surface area contributed by atoms with E-state index in [1.54, 1.807) is 0 Å². The van der Waals surface area contributed by atoms with Crippen LogP contribution in [0.1, 0.15) is 30.9 Å². The van der Waals surface area contributed by atoms with Crippen LogP contribution in [0.4, 0.5) is 0 Å². The average Bonchev–Trinajstić information content (AvgIpc) is 2.36. The number of rotatable bonds is 4. The molecule has 3 N–H and O–H groups in total. The van der Waals surface area contributed by atoms with Crippen LogP contribution in [0.2, 0.25) is 0 Å². The molecule has 1 aliphatic carbocycles. The molecule has 1 aliphatic rings. The molecule has 0 aromatic heterocycles. The van der Waals surface area contributed by atoms with Gasteiger partial charge in [-0.1, -0.05) is 28.9 Å². The molecule has 94 valence electrons. The molecule has 1 aromatic carbocycles. The Morgan fingerprint density at radius 3 is 2.94 bits per heavy atom. The molecule has 1 unspecified atom stereocenters. The first-order valence-corrected chi connectivity index (χ1v) is 7.21. The summed E-state index contributed by atoms with van der Waals surface area (Å²) in [7, 11) is 0. The molecule has 3 heteroatoms. The van der Waals surface area contributed by atoms with Crippen LogP contribution in [0.15, 0.2) is 22.7 Å².